The number of nitrogens with one attached hydrogen (secondary N) is 1. The van der Waals surface area contributed by atoms with Crippen LogP contribution in [0.4, 0.5) is 29.9 Å². The normalized spacial score (nSPS) is 18.3. The fourth-order valence-corrected chi connectivity index (χ4v) is 5.37. The maximum atomic E-state index is 15.6. The van der Waals surface area contributed by atoms with Crippen LogP contribution in [0, 0.1) is 0 Å². The van der Waals surface area contributed by atoms with E-state index < -0.39 is 53.1 Å². The second-order valence-corrected chi connectivity index (χ2v) is 15.4. The zero-order valence-electron chi connectivity index (χ0n) is 29.1. The summed E-state index contributed by atoms with van der Waals surface area (Å²) in [5.41, 5.74) is -1.60. The standard InChI is InChI=1S/C34H53F2N5O5/c1-22(38-29(43)45-32(5,6)7)13-11-12-17-34(35,36)27-20-24(16-18-37-27)40(30(44)46-33(8,9)10)28-21-26(23-14-15-25(42)19-23)39-41(28)31(2,3)4/h16,18,20-23,25,42H,11-15,17,19H2,1-10H3,(H,38,43)/t22-,23-,25+/m0/s1. The number of rotatable bonds is 10. The molecule has 2 aromatic rings. The number of hydrogen-bond acceptors (Lipinski definition) is 7. The number of amides is 2. The predicted molar refractivity (Wildman–Crippen MR) is 174 cm³/mol. The molecule has 2 aromatic heterocycles. The Kier molecular flexibility index (Phi) is 11.5. The van der Waals surface area contributed by atoms with E-state index in [2.05, 4.69) is 10.3 Å². The van der Waals surface area contributed by atoms with Gasteiger partial charge in [0, 0.05) is 30.6 Å². The van der Waals surface area contributed by atoms with Crippen LogP contribution in [0.15, 0.2) is 24.4 Å². The smallest absolute Gasteiger partial charge is 0.420 e. The van der Waals surface area contributed by atoms with Crippen LogP contribution in [-0.4, -0.2) is 55.4 Å². The molecule has 1 aliphatic rings. The highest BCUT2D eigenvalue weighted by Gasteiger charge is 2.37. The summed E-state index contributed by atoms with van der Waals surface area (Å²) < 4.78 is 43.9. The zero-order valence-corrected chi connectivity index (χ0v) is 29.1. The Morgan fingerprint density at radius 2 is 1.70 bits per heavy atom. The first-order valence-corrected chi connectivity index (χ1v) is 16.2. The van der Waals surface area contributed by atoms with Crippen LogP contribution in [-0.2, 0) is 20.9 Å². The van der Waals surface area contributed by atoms with Crippen molar-refractivity contribution in [2.45, 2.75) is 155 Å². The van der Waals surface area contributed by atoms with Gasteiger partial charge in [-0.05, 0) is 113 Å². The molecule has 0 unspecified atom stereocenters. The van der Waals surface area contributed by atoms with Gasteiger partial charge in [0.15, 0.2) is 0 Å². The number of nitrogens with zero attached hydrogens (tertiary/aromatic N) is 4. The van der Waals surface area contributed by atoms with E-state index in [1.54, 1.807) is 59.2 Å². The molecule has 1 fully saturated rings. The van der Waals surface area contributed by atoms with Crippen molar-refractivity contribution >= 4 is 23.7 Å². The first kappa shape index (κ1) is 37.2. The molecule has 0 radical (unpaired) electrons. The molecular formula is C34H53F2N5O5. The molecule has 0 bridgehead atoms. The van der Waals surface area contributed by atoms with Gasteiger partial charge < -0.3 is 19.9 Å². The Labute approximate surface area is 272 Å². The van der Waals surface area contributed by atoms with Crippen molar-refractivity contribution in [3.8, 4) is 0 Å². The van der Waals surface area contributed by atoms with Gasteiger partial charge in [-0.2, -0.15) is 13.9 Å². The summed E-state index contributed by atoms with van der Waals surface area (Å²) >= 11 is 0. The molecule has 3 rings (SSSR count). The summed E-state index contributed by atoms with van der Waals surface area (Å²) in [6, 6.07) is 4.29. The lowest BCUT2D eigenvalue weighted by atomic mass is 10.0. The van der Waals surface area contributed by atoms with Crippen LogP contribution >= 0.6 is 0 Å². The monoisotopic (exact) mass is 649 g/mol. The Hall–Kier alpha value is -3.28. The minimum atomic E-state index is -3.27. The highest BCUT2D eigenvalue weighted by molar-refractivity contribution is 5.95. The van der Waals surface area contributed by atoms with Gasteiger partial charge in [0.1, 0.15) is 22.7 Å². The lowest BCUT2D eigenvalue weighted by molar-refractivity contribution is -0.0203. The van der Waals surface area contributed by atoms with Crippen LogP contribution in [0.2, 0.25) is 0 Å². The fourth-order valence-electron chi connectivity index (χ4n) is 5.37. The van der Waals surface area contributed by atoms with Gasteiger partial charge in [-0.1, -0.05) is 6.42 Å². The number of carbonyl (C=O) groups excluding carboxylic acids is 2. The van der Waals surface area contributed by atoms with Crippen molar-refractivity contribution in [1.29, 1.82) is 0 Å². The van der Waals surface area contributed by atoms with Crippen molar-refractivity contribution in [3.63, 3.8) is 0 Å². The third-order valence-electron chi connectivity index (χ3n) is 7.49. The number of alkyl halides is 2. The van der Waals surface area contributed by atoms with Gasteiger partial charge in [-0.3, -0.25) is 4.98 Å². The van der Waals surface area contributed by atoms with E-state index in [0.717, 1.165) is 12.1 Å². The van der Waals surface area contributed by atoms with E-state index in [4.69, 9.17) is 14.6 Å². The number of hydrogen-bond donors (Lipinski definition) is 2. The van der Waals surface area contributed by atoms with E-state index in [0.29, 0.717) is 31.5 Å². The number of halogens is 2. The number of aromatic nitrogens is 3. The minimum absolute atomic E-state index is 0.0113. The molecule has 2 heterocycles. The van der Waals surface area contributed by atoms with E-state index in [1.807, 2.05) is 20.8 Å². The molecule has 2 amide bonds. The second-order valence-electron chi connectivity index (χ2n) is 15.4. The number of aliphatic hydroxyl groups is 1. The molecule has 1 aliphatic carbocycles. The predicted octanol–water partition coefficient (Wildman–Crippen LogP) is 8.30. The average molecular weight is 650 g/mol. The summed E-state index contributed by atoms with van der Waals surface area (Å²) in [6.45, 7) is 18.2. The van der Waals surface area contributed by atoms with Crippen molar-refractivity contribution in [2.75, 3.05) is 4.90 Å². The van der Waals surface area contributed by atoms with Gasteiger partial charge in [0.2, 0.25) is 0 Å². The van der Waals surface area contributed by atoms with Crippen molar-refractivity contribution in [3.05, 3.63) is 35.8 Å². The molecule has 0 aliphatic heterocycles. The quantitative estimate of drug-likeness (QED) is 0.249. The van der Waals surface area contributed by atoms with Crippen molar-refractivity contribution in [1.82, 2.24) is 20.1 Å². The second kappa shape index (κ2) is 14.2. The average Bonchev–Trinajstić information content (AvgIpc) is 3.51. The number of unbranched alkanes of at least 4 members (excludes halogenated alkanes) is 1. The van der Waals surface area contributed by atoms with E-state index >= 15 is 8.78 Å². The third-order valence-corrected chi connectivity index (χ3v) is 7.49. The Balaban J connectivity index is 1.86. The number of ether oxygens (including phenoxy) is 2. The maximum absolute atomic E-state index is 15.6. The van der Waals surface area contributed by atoms with Crippen molar-refractivity contribution in [2.24, 2.45) is 0 Å². The van der Waals surface area contributed by atoms with Crippen LogP contribution in [0.5, 0.6) is 0 Å². The van der Waals surface area contributed by atoms with Crippen LogP contribution in [0.1, 0.15) is 131 Å². The summed E-state index contributed by atoms with van der Waals surface area (Å²) in [4.78, 5) is 31.1. The number of alkyl carbamates (subject to hydrolysis) is 1. The third kappa shape index (κ3) is 10.6. The number of carbonyl (C=O) groups is 2. The topological polar surface area (TPSA) is 119 Å². The number of pyridine rings is 1. The van der Waals surface area contributed by atoms with E-state index in [9.17, 15) is 14.7 Å². The summed E-state index contributed by atoms with van der Waals surface area (Å²) in [7, 11) is 0. The summed E-state index contributed by atoms with van der Waals surface area (Å²) in [5.74, 6) is -2.88. The van der Waals surface area contributed by atoms with Gasteiger partial charge in [-0.25, -0.2) is 19.2 Å². The molecule has 0 aromatic carbocycles. The molecule has 10 nitrogen and oxygen atoms in total. The SMILES string of the molecule is C[C@@H](CCCCC(F)(F)c1cc(N(C(=O)OC(C)(C)C)c2cc([C@H]3CC[C@@H](O)C3)nn2C(C)(C)C)ccn1)NC(=O)OC(C)(C)C. The fraction of sp³-hybridized carbons (Fsp3) is 0.706. The number of aliphatic hydroxyl groups excluding tert-OH is 1. The molecular weight excluding hydrogens is 596 g/mol. The van der Waals surface area contributed by atoms with Crippen LogP contribution in [0.3, 0.4) is 0 Å². The summed E-state index contributed by atoms with van der Waals surface area (Å²) in [6.07, 6.45) is 2.28. The van der Waals surface area contributed by atoms with Crippen molar-refractivity contribution < 1.29 is 33.0 Å². The minimum Gasteiger partial charge on any atom is -0.444 e. The number of anilines is 2. The molecule has 2 N–H and O–H groups in total. The largest absolute Gasteiger partial charge is 0.444 e. The molecule has 3 atom stereocenters. The lowest BCUT2D eigenvalue weighted by Gasteiger charge is -2.31. The van der Waals surface area contributed by atoms with E-state index in [-0.39, 0.29) is 24.1 Å². The van der Waals surface area contributed by atoms with Gasteiger partial charge >= 0.3 is 12.2 Å². The molecule has 1 saturated carbocycles. The van der Waals surface area contributed by atoms with Gasteiger partial charge in [0.05, 0.1) is 23.0 Å². The van der Waals surface area contributed by atoms with Crippen LogP contribution < -0.4 is 10.2 Å². The Bertz CT molecular complexity index is 1340. The lowest BCUT2D eigenvalue weighted by Crippen LogP contribution is -2.37. The summed E-state index contributed by atoms with van der Waals surface area (Å²) in [5, 5.41) is 17.8. The van der Waals surface area contributed by atoms with E-state index in [1.165, 1.54) is 23.2 Å². The molecule has 258 valence electrons. The Morgan fingerprint density at radius 1 is 1.04 bits per heavy atom. The maximum Gasteiger partial charge on any atom is 0.420 e. The Morgan fingerprint density at radius 3 is 2.26 bits per heavy atom. The van der Waals surface area contributed by atoms with Gasteiger partial charge in [0.25, 0.3) is 5.92 Å². The highest BCUT2D eigenvalue weighted by atomic mass is 19.3. The first-order valence-electron chi connectivity index (χ1n) is 16.2. The molecule has 12 heteroatoms. The molecule has 0 spiro atoms. The molecule has 0 saturated heterocycles. The first-order chi connectivity index (χ1) is 21.1. The zero-order chi connectivity index (χ0) is 34.7. The highest BCUT2D eigenvalue weighted by Crippen LogP contribution is 2.40. The van der Waals surface area contributed by atoms with Gasteiger partial charge in [-0.15, -0.1) is 0 Å². The molecule has 46 heavy (non-hydrogen) atoms. The van der Waals surface area contributed by atoms with Crippen LogP contribution in [0.25, 0.3) is 0 Å².